The van der Waals surface area contributed by atoms with Crippen LogP contribution in [0.25, 0.3) is 0 Å². The van der Waals surface area contributed by atoms with Crippen LogP contribution in [0.2, 0.25) is 0 Å². The minimum Gasteiger partial charge on any atom is -1.00 e. The molecular weight excluding hydrogens is 437 g/mol. The third-order valence-electron chi connectivity index (χ3n) is 2.78. The maximum Gasteiger partial charge on any atom is -1.00 e. The summed E-state index contributed by atoms with van der Waals surface area (Å²) in [7, 11) is 0. The van der Waals surface area contributed by atoms with Gasteiger partial charge in [0.2, 0.25) is 0 Å². The van der Waals surface area contributed by atoms with E-state index < -0.39 is 46.4 Å². The van der Waals surface area contributed by atoms with Crippen LogP contribution in [0.15, 0.2) is 42.1 Å². The predicted molar refractivity (Wildman–Crippen MR) is 55.9 cm³/mol. The third-order valence-corrected chi connectivity index (χ3v) is 8.35. The number of hydrogen-bond donors (Lipinski definition) is 0. The molecular formula is C12H10F6Hf-2. The maximum atomic E-state index is 12.7. The van der Waals surface area contributed by atoms with Crippen molar-refractivity contribution in [1.82, 2.24) is 0 Å². The molecule has 106 valence electrons. The summed E-state index contributed by atoms with van der Waals surface area (Å²) in [5.41, 5.74) is -1.45. The Labute approximate surface area is 119 Å². The van der Waals surface area contributed by atoms with Gasteiger partial charge in [-0.1, -0.05) is 0 Å². The van der Waals surface area contributed by atoms with Crippen molar-refractivity contribution in [1.29, 1.82) is 0 Å². The Morgan fingerprint density at radius 2 is 1.16 bits per heavy atom. The van der Waals surface area contributed by atoms with Gasteiger partial charge in [-0.3, -0.25) is 0 Å². The maximum absolute atomic E-state index is 12.7. The van der Waals surface area contributed by atoms with Crippen molar-refractivity contribution in [2.75, 3.05) is 0 Å². The Morgan fingerprint density at radius 3 is 1.47 bits per heavy atom. The van der Waals surface area contributed by atoms with E-state index in [0.29, 0.717) is 0 Å². The van der Waals surface area contributed by atoms with Crippen LogP contribution in [0.3, 0.4) is 0 Å². The van der Waals surface area contributed by atoms with E-state index >= 15 is 0 Å². The molecule has 0 aromatic rings. The number of alkyl halides is 6. The second-order valence-corrected chi connectivity index (χ2v) is 9.35. The molecule has 0 aliphatic heterocycles. The first kappa shape index (κ1) is 14.8. The van der Waals surface area contributed by atoms with E-state index in [0.717, 1.165) is 12.2 Å². The quantitative estimate of drug-likeness (QED) is 0.420. The van der Waals surface area contributed by atoms with E-state index in [1.165, 1.54) is 12.2 Å². The van der Waals surface area contributed by atoms with Gasteiger partial charge in [0.05, 0.1) is 0 Å². The van der Waals surface area contributed by atoms with Crippen molar-refractivity contribution in [3.63, 3.8) is 0 Å². The number of halogens is 6. The van der Waals surface area contributed by atoms with Crippen molar-refractivity contribution < 1.29 is 52.1 Å². The van der Waals surface area contributed by atoms with Gasteiger partial charge in [0.25, 0.3) is 0 Å². The number of hydrogen-bond acceptors (Lipinski definition) is 0. The smallest absolute Gasteiger partial charge is 1.00 e. The molecule has 0 atom stereocenters. The largest absolute Gasteiger partial charge is 1.00 e. The fraction of sp³-hybridized carbons (Fsp3) is 0.333. The van der Waals surface area contributed by atoms with Gasteiger partial charge in [-0.2, -0.15) is 0 Å². The summed E-state index contributed by atoms with van der Waals surface area (Å²) in [6.45, 7) is 0. The van der Waals surface area contributed by atoms with Gasteiger partial charge in [-0.15, -0.1) is 0 Å². The van der Waals surface area contributed by atoms with Crippen molar-refractivity contribution in [2.24, 2.45) is 0 Å². The summed E-state index contributed by atoms with van der Waals surface area (Å²) >= 11 is -2.26. The molecule has 0 bridgehead atoms. The van der Waals surface area contributed by atoms with Crippen LogP contribution in [-0.2, 0) is 22.9 Å². The van der Waals surface area contributed by atoms with Gasteiger partial charge in [0.1, 0.15) is 0 Å². The molecule has 0 unspecified atom stereocenters. The van der Waals surface area contributed by atoms with Crippen molar-refractivity contribution in [3.8, 4) is 0 Å². The summed E-state index contributed by atoms with van der Waals surface area (Å²) in [6, 6.07) is 0. The Kier molecular flexibility index (Phi) is 3.95. The van der Waals surface area contributed by atoms with E-state index in [2.05, 4.69) is 0 Å². The average Bonchev–Trinajstić information content (AvgIpc) is 2.83. The van der Waals surface area contributed by atoms with Gasteiger partial charge in [-0.05, 0) is 0 Å². The second kappa shape index (κ2) is 5.07. The van der Waals surface area contributed by atoms with Gasteiger partial charge in [0, 0.05) is 0 Å². The molecule has 0 aromatic heterocycles. The molecule has 0 heterocycles. The molecule has 2 aliphatic carbocycles. The van der Waals surface area contributed by atoms with Crippen LogP contribution in [-0.4, -0.2) is 12.4 Å². The molecule has 0 fully saturated rings. The SMILES string of the molecule is FC(F)(F)C1=[C]([Hf][C]2=C(C(F)(F)F)C=CC2)CC=C1.[H-].[H-]. The zero-order valence-corrected chi connectivity index (χ0v) is 13.1. The monoisotopic (exact) mass is 448 g/mol. The van der Waals surface area contributed by atoms with Crippen LogP contribution in [0.4, 0.5) is 26.3 Å². The molecule has 0 spiro atoms. The summed E-state index contributed by atoms with van der Waals surface area (Å²) in [5.74, 6) is 0. The molecule has 0 amide bonds. The van der Waals surface area contributed by atoms with Crippen LogP contribution < -0.4 is 0 Å². The van der Waals surface area contributed by atoms with Crippen LogP contribution in [0, 0.1) is 0 Å². The first-order valence-corrected chi connectivity index (χ1v) is 8.99. The van der Waals surface area contributed by atoms with E-state index in [1.807, 2.05) is 0 Å². The fourth-order valence-electron chi connectivity index (χ4n) is 1.96. The van der Waals surface area contributed by atoms with Crippen molar-refractivity contribution >= 4 is 0 Å². The molecule has 2 rings (SSSR count). The Morgan fingerprint density at radius 1 is 0.789 bits per heavy atom. The topological polar surface area (TPSA) is 0 Å². The summed E-state index contributed by atoms with van der Waals surface area (Å²) < 4.78 is 76.5. The molecule has 0 radical (unpaired) electrons. The molecule has 0 N–H and O–H groups in total. The van der Waals surface area contributed by atoms with Crippen molar-refractivity contribution in [3.05, 3.63) is 42.1 Å². The second-order valence-electron chi connectivity index (χ2n) is 4.12. The first-order chi connectivity index (χ1) is 8.69. The van der Waals surface area contributed by atoms with Gasteiger partial charge >= 0.3 is 117 Å². The zero-order valence-electron chi connectivity index (χ0n) is 11.5. The molecule has 0 saturated carbocycles. The van der Waals surface area contributed by atoms with Crippen LogP contribution >= 0.6 is 0 Å². The molecule has 0 saturated heterocycles. The molecule has 0 aromatic carbocycles. The van der Waals surface area contributed by atoms with E-state index in [1.54, 1.807) is 0 Å². The van der Waals surface area contributed by atoms with Crippen molar-refractivity contribution in [2.45, 2.75) is 25.2 Å². The molecule has 19 heavy (non-hydrogen) atoms. The van der Waals surface area contributed by atoms with E-state index in [-0.39, 0.29) is 22.4 Å². The zero-order chi connectivity index (χ0) is 14.3. The third kappa shape index (κ3) is 3.30. The van der Waals surface area contributed by atoms with Crippen LogP contribution in [0.1, 0.15) is 15.7 Å². The van der Waals surface area contributed by atoms with E-state index in [9.17, 15) is 26.3 Å². The Hall–Kier alpha value is -0.590. The first-order valence-electron chi connectivity index (χ1n) is 5.40. The number of rotatable bonds is 2. The minimum atomic E-state index is -4.46. The van der Waals surface area contributed by atoms with Gasteiger partial charge in [0.15, 0.2) is 0 Å². The predicted octanol–water partition coefficient (Wildman–Crippen LogP) is 4.85. The summed E-state index contributed by atoms with van der Waals surface area (Å²) in [5, 5.41) is 0. The minimum absolute atomic E-state index is 0. The Balaban J connectivity index is 0.00000200. The van der Waals surface area contributed by atoms with Crippen LogP contribution in [0.5, 0.6) is 0 Å². The summed E-state index contributed by atoms with van der Waals surface area (Å²) in [6.07, 6.45) is -3.90. The normalized spacial score (nSPS) is 19.9. The van der Waals surface area contributed by atoms with Gasteiger partial charge < -0.3 is 2.85 Å². The fourth-order valence-corrected chi connectivity index (χ4v) is 7.43. The van der Waals surface area contributed by atoms with Gasteiger partial charge in [-0.25, -0.2) is 0 Å². The van der Waals surface area contributed by atoms with E-state index in [4.69, 9.17) is 0 Å². The Bertz CT molecular complexity index is 465. The average molecular weight is 447 g/mol. The number of allylic oxidation sites excluding steroid dienone is 8. The molecule has 2 aliphatic rings. The molecule has 0 nitrogen and oxygen atoms in total. The summed E-state index contributed by atoms with van der Waals surface area (Å²) in [4.78, 5) is 0. The molecule has 7 heteroatoms. The standard InChI is InChI=1S/2C6H4F3.Hf.2H/c2*7-6(8,9)5-3-1-2-4-5;;;/h2*1,3H,2H2;;;/q;;;2*-1.